The van der Waals surface area contributed by atoms with Crippen molar-refractivity contribution in [1.29, 1.82) is 5.26 Å². The third-order valence-electron chi connectivity index (χ3n) is 4.92. The van der Waals surface area contributed by atoms with Crippen LogP contribution in [0.5, 0.6) is 0 Å². The van der Waals surface area contributed by atoms with Crippen LogP contribution in [-0.4, -0.2) is 41.1 Å². The summed E-state index contributed by atoms with van der Waals surface area (Å²) in [6.45, 7) is 4.44. The van der Waals surface area contributed by atoms with Gasteiger partial charge in [-0.3, -0.25) is 20.1 Å². The first kappa shape index (κ1) is 21.3. The van der Waals surface area contributed by atoms with Crippen LogP contribution in [0.15, 0.2) is 34.7 Å². The Morgan fingerprint density at radius 3 is 2.77 bits per heavy atom. The number of aryl methyl sites for hydroxylation is 2. The fourth-order valence-corrected chi connectivity index (χ4v) is 3.14. The zero-order chi connectivity index (χ0) is 21.7. The molecule has 0 aliphatic heterocycles. The SMILES string of the molecule is Cc1oc(NC(=O)CN(C)CCCc2cc(-c3ccc(F)cc3)n[nH]2)c(C#N)c1C. The van der Waals surface area contributed by atoms with Crippen molar-refractivity contribution in [2.45, 2.75) is 26.7 Å². The largest absolute Gasteiger partial charge is 0.444 e. The number of nitrogens with zero attached hydrogens (tertiary/aromatic N) is 3. The van der Waals surface area contributed by atoms with E-state index in [0.717, 1.165) is 35.4 Å². The molecule has 8 heteroatoms. The van der Waals surface area contributed by atoms with Crippen LogP contribution in [-0.2, 0) is 11.2 Å². The van der Waals surface area contributed by atoms with Gasteiger partial charge in [-0.15, -0.1) is 0 Å². The summed E-state index contributed by atoms with van der Waals surface area (Å²) in [5.74, 6) is 0.317. The molecule has 3 aromatic rings. The molecule has 7 nitrogen and oxygen atoms in total. The van der Waals surface area contributed by atoms with Gasteiger partial charge in [0, 0.05) is 16.8 Å². The lowest BCUT2D eigenvalue weighted by molar-refractivity contribution is -0.117. The van der Waals surface area contributed by atoms with E-state index in [1.54, 1.807) is 26.0 Å². The summed E-state index contributed by atoms with van der Waals surface area (Å²) in [5.41, 5.74) is 3.70. The van der Waals surface area contributed by atoms with Crippen molar-refractivity contribution in [2.24, 2.45) is 0 Å². The maximum absolute atomic E-state index is 13.0. The van der Waals surface area contributed by atoms with Crippen molar-refractivity contribution in [3.05, 3.63) is 58.7 Å². The van der Waals surface area contributed by atoms with Crippen LogP contribution in [0, 0.1) is 31.0 Å². The molecular formula is C22H24FN5O2. The number of aromatic amines is 1. The standard InChI is InChI=1S/C22H24FN5O2/c1-14-15(2)30-22(19(14)12-24)25-21(29)13-28(3)10-4-5-18-11-20(27-26-18)16-6-8-17(23)9-7-16/h6-9,11H,4-5,10,13H2,1-3H3,(H,25,29)(H,26,27). The van der Waals surface area contributed by atoms with Crippen LogP contribution in [0.3, 0.4) is 0 Å². The first-order valence-corrected chi connectivity index (χ1v) is 9.66. The number of carbonyl (C=O) groups is 1. The van der Waals surface area contributed by atoms with Crippen molar-refractivity contribution in [1.82, 2.24) is 15.1 Å². The molecule has 0 spiro atoms. The van der Waals surface area contributed by atoms with Gasteiger partial charge in [0.15, 0.2) is 0 Å². The molecule has 0 aliphatic carbocycles. The van der Waals surface area contributed by atoms with Crippen LogP contribution in [0.2, 0.25) is 0 Å². The zero-order valence-electron chi connectivity index (χ0n) is 17.3. The molecule has 1 amide bonds. The molecule has 2 aromatic heterocycles. The number of anilines is 1. The lowest BCUT2D eigenvalue weighted by Crippen LogP contribution is -2.31. The predicted octanol–water partition coefficient (Wildman–Crippen LogP) is 3.80. The summed E-state index contributed by atoms with van der Waals surface area (Å²) in [6, 6.07) is 10.2. The minimum absolute atomic E-state index is 0.188. The summed E-state index contributed by atoms with van der Waals surface area (Å²) in [5, 5.41) is 19.2. The van der Waals surface area contributed by atoms with E-state index in [1.807, 2.05) is 18.0 Å². The highest BCUT2D eigenvalue weighted by Crippen LogP contribution is 2.25. The number of amides is 1. The maximum atomic E-state index is 13.0. The molecule has 0 bridgehead atoms. The number of carbonyl (C=O) groups excluding carboxylic acids is 1. The van der Waals surface area contributed by atoms with E-state index in [4.69, 9.17) is 4.42 Å². The number of aromatic nitrogens is 2. The number of halogens is 1. The minimum atomic E-state index is -0.275. The van der Waals surface area contributed by atoms with Crippen molar-refractivity contribution in [2.75, 3.05) is 25.5 Å². The normalized spacial score (nSPS) is 10.9. The van der Waals surface area contributed by atoms with E-state index in [9.17, 15) is 14.4 Å². The lowest BCUT2D eigenvalue weighted by Gasteiger charge is -2.15. The second kappa shape index (κ2) is 9.37. The second-order valence-corrected chi connectivity index (χ2v) is 7.27. The molecule has 2 N–H and O–H groups in total. The molecule has 0 saturated carbocycles. The van der Waals surface area contributed by atoms with Gasteiger partial charge in [-0.25, -0.2) is 4.39 Å². The highest BCUT2D eigenvalue weighted by molar-refractivity contribution is 5.92. The Kier molecular flexibility index (Phi) is 6.65. The maximum Gasteiger partial charge on any atom is 0.240 e. The molecule has 0 saturated heterocycles. The Bertz CT molecular complexity index is 1060. The third-order valence-corrected chi connectivity index (χ3v) is 4.92. The van der Waals surface area contributed by atoms with E-state index in [0.29, 0.717) is 17.9 Å². The number of rotatable bonds is 8. The average Bonchev–Trinajstić information content (AvgIpc) is 3.27. The molecule has 0 radical (unpaired) electrons. The van der Waals surface area contributed by atoms with Crippen molar-refractivity contribution < 1.29 is 13.6 Å². The summed E-state index contributed by atoms with van der Waals surface area (Å²) < 4.78 is 18.5. The smallest absolute Gasteiger partial charge is 0.240 e. The van der Waals surface area contributed by atoms with Crippen LogP contribution >= 0.6 is 0 Å². The van der Waals surface area contributed by atoms with Gasteiger partial charge in [-0.05, 0) is 70.6 Å². The van der Waals surface area contributed by atoms with E-state index >= 15 is 0 Å². The van der Waals surface area contributed by atoms with Crippen molar-refractivity contribution >= 4 is 11.8 Å². The van der Waals surface area contributed by atoms with Crippen LogP contribution in [0.25, 0.3) is 11.3 Å². The Hall–Kier alpha value is -3.44. The number of furan rings is 1. The van der Waals surface area contributed by atoms with Gasteiger partial charge in [-0.2, -0.15) is 10.4 Å². The summed E-state index contributed by atoms with van der Waals surface area (Å²) in [4.78, 5) is 14.2. The Morgan fingerprint density at radius 2 is 2.07 bits per heavy atom. The average molecular weight is 409 g/mol. The van der Waals surface area contributed by atoms with Gasteiger partial charge >= 0.3 is 0 Å². The summed E-state index contributed by atoms with van der Waals surface area (Å²) in [6.07, 6.45) is 1.60. The van der Waals surface area contributed by atoms with Crippen molar-refractivity contribution in [3.63, 3.8) is 0 Å². The molecule has 0 fully saturated rings. The van der Waals surface area contributed by atoms with E-state index < -0.39 is 0 Å². The molecule has 0 aliphatic rings. The fourth-order valence-electron chi connectivity index (χ4n) is 3.14. The summed E-state index contributed by atoms with van der Waals surface area (Å²) >= 11 is 0. The number of hydrogen-bond acceptors (Lipinski definition) is 5. The number of nitrogens with one attached hydrogen (secondary N) is 2. The van der Waals surface area contributed by atoms with E-state index in [2.05, 4.69) is 21.6 Å². The van der Waals surface area contributed by atoms with Gasteiger partial charge in [0.2, 0.25) is 11.8 Å². The third kappa shape index (κ3) is 5.13. The zero-order valence-corrected chi connectivity index (χ0v) is 17.3. The van der Waals surface area contributed by atoms with E-state index in [-0.39, 0.29) is 24.2 Å². The number of benzene rings is 1. The molecular weight excluding hydrogens is 385 g/mol. The highest BCUT2D eigenvalue weighted by Gasteiger charge is 2.17. The number of hydrogen-bond donors (Lipinski definition) is 2. The number of H-pyrrole nitrogens is 1. The molecule has 0 atom stereocenters. The van der Waals surface area contributed by atoms with Crippen LogP contribution in [0.1, 0.15) is 29.0 Å². The van der Waals surface area contributed by atoms with E-state index in [1.165, 1.54) is 12.1 Å². The number of likely N-dealkylation sites (N-methyl/N-ethyl adjacent to an activating group) is 1. The van der Waals surface area contributed by atoms with Gasteiger partial charge in [-0.1, -0.05) is 0 Å². The number of nitriles is 1. The monoisotopic (exact) mass is 409 g/mol. The summed E-state index contributed by atoms with van der Waals surface area (Å²) in [7, 11) is 1.86. The quantitative estimate of drug-likeness (QED) is 0.590. The molecule has 0 unspecified atom stereocenters. The van der Waals surface area contributed by atoms with Crippen molar-refractivity contribution in [3.8, 4) is 17.3 Å². The molecule has 2 heterocycles. The van der Waals surface area contributed by atoms with Gasteiger partial charge in [0.05, 0.1) is 12.2 Å². The second-order valence-electron chi connectivity index (χ2n) is 7.27. The van der Waals surface area contributed by atoms with Gasteiger partial charge in [0.25, 0.3) is 0 Å². The van der Waals surface area contributed by atoms with Gasteiger partial charge in [0.1, 0.15) is 23.2 Å². The predicted molar refractivity (Wildman–Crippen MR) is 111 cm³/mol. The Balaban J connectivity index is 1.45. The molecule has 1 aromatic carbocycles. The first-order valence-electron chi connectivity index (χ1n) is 9.66. The topological polar surface area (TPSA) is 97.9 Å². The molecule has 30 heavy (non-hydrogen) atoms. The fraction of sp³-hybridized carbons (Fsp3) is 0.318. The van der Waals surface area contributed by atoms with Crippen LogP contribution in [0.4, 0.5) is 10.3 Å². The molecule has 3 rings (SSSR count). The lowest BCUT2D eigenvalue weighted by atomic mass is 10.1. The van der Waals surface area contributed by atoms with Crippen LogP contribution < -0.4 is 5.32 Å². The Labute approximate surface area is 174 Å². The first-order chi connectivity index (χ1) is 14.4. The minimum Gasteiger partial charge on any atom is -0.444 e. The Morgan fingerprint density at radius 1 is 1.33 bits per heavy atom. The van der Waals surface area contributed by atoms with Gasteiger partial charge < -0.3 is 4.42 Å². The highest BCUT2D eigenvalue weighted by atomic mass is 19.1. The molecule has 156 valence electrons.